The number of nitrogen functional groups attached to an aromatic ring is 1. The number of hydrogen-bond donors (Lipinski definition) is 2. The maximum atomic E-state index is 7.45. The molecule has 1 aromatic rings. The van der Waals surface area contributed by atoms with Crippen LogP contribution in [-0.2, 0) is 0 Å². The van der Waals surface area contributed by atoms with Crippen LogP contribution in [0, 0.1) is 11.3 Å². The summed E-state index contributed by atoms with van der Waals surface area (Å²) in [6, 6.07) is 5.95. The molecule has 0 unspecified atom stereocenters. The van der Waals surface area contributed by atoms with Crippen molar-refractivity contribution in [2.45, 2.75) is 20.8 Å². The zero-order chi connectivity index (χ0) is 13.0. The molecule has 0 aromatic heterocycles. The van der Waals surface area contributed by atoms with E-state index in [0.717, 1.165) is 28.8 Å². The van der Waals surface area contributed by atoms with E-state index in [0.29, 0.717) is 5.92 Å². The molecule has 0 spiro atoms. The van der Waals surface area contributed by atoms with Gasteiger partial charge in [0.1, 0.15) is 5.84 Å². The third-order valence-electron chi connectivity index (χ3n) is 2.58. The number of hydrogen-bond acceptors (Lipinski definition) is 2. The van der Waals surface area contributed by atoms with E-state index in [-0.39, 0.29) is 5.84 Å². The lowest BCUT2D eigenvalue weighted by molar-refractivity contribution is 0.619. The van der Waals surface area contributed by atoms with E-state index < -0.39 is 0 Å². The molecule has 0 saturated carbocycles. The topological polar surface area (TPSA) is 53.1 Å². The SMILES string of the molecule is CCN(CC(C)C)c1ccc(C(=N)N)c(Br)c1. The molecule has 0 aliphatic rings. The third kappa shape index (κ3) is 3.73. The molecule has 1 rings (SSSR count). The summed E-state index contributed by atoms with van der Waals surface area (Å²) >= 11 is 3.46. The molecule has 0 saturated heterocycles. The fourth-order valence-corrected chi connectivity index (χ4v) is 2.36. The molecule has 0 radical (unpaired) electrons. The van der Waals surface area contributed by atoms with Crippen molar-refractivity contribution in [1.29, 1.82) is 5.41 Å². The van der Waals surface area contributed by atoms with Crippen molar-refractivity contribution in [1.82, 2.24) is 0 Å². The molecule has 0 fully saturated rings. The second-order valence-corrected chi connectivity index (χ2v) is 5.36. The van der Waals surface area contributed by atoms with Crippen molar-refractivity contribution >= 4 is 27.5 Å². The smallest absolute Gasteiger partial charge is 0.123 e. The Hall–Kier alpha value is -1.03. The molecule has 0 bridgehead atoms. The predicted octanol–water partition coefficient (Wildman–Crippen LogP) is 3.22. The van der Waals surface area contributed by atoms with Gasteiger partial charge < -0.3 is 10.6 Å². The fourth-order valence-electron chi connectivity index (χ4n) is 1.78. The van der Waals surface area contributed by atoms with Crippen LogP contribution in [0.5, 0.6) is 0 Å². The Kier molecular flexibility index (Phi) is 5.00. The summed E-state index contributed by atoms with van der Waals surface area (Å²) in [5, 5.41) is 7.45. The van der Waals surface area contributed by atoms with Crippen LogP contribution in [0.3, 0.4) is 0 Å². The molecule has 1 aromatic carbocycles. The highest BCUT2D eigenvalue weighted by Crippen LogP contribution is 2.24. The molecular weight excluding hydrogens is 278 g/mol. The van der Waals surface area contributed by atoms with Gasteiger partial charge in [0.05, 0.1) is 0 Å². The number of nitrogens with zero attached hydrogens (tertiary/aromatic N) is 1. The summed E-state index contributed by atoms with van der Waals surface area (Å²) in [6.07, 6.45) is 0. The van der Waals surface area contributed by atoms with Gasteiger partial charge in [0.25, 0.3) is 0 Å². The van der Waals surface area contributed by atoms with Crippen molar-refractivity contribution in [2.75, 3.05) is 18.0 Å². The average molecular weight is 298 g/mol. The van der Waals surface area contributed by atoms with Crippen LogP contribution in [0.15, 0.2) is 22.7 Å². The van der Waals surface area contributed by atoms with Crippen molar-refractivity contribution in [3.05, 3.63) is 28.2 Å². The molecule has 3 nitrogen and oxygen atoms in total. The first-order chi connectivity index (χ1) is 7.95. The zero-order valence-electron chi connectivity index (χ0n) is 10.6. The van der Waals surface area contributed by atoms with Gasteiger partial charge in [-0.05, 0) is 47.0 Å². The normalized spacial score (nSPS) is 10.6. The predicted molar refractivity (Wildman–Crippen MR) is 77.9 cm³/mol. The van der Waals surface area contributed by atoms with Crippen LogP contribution >= 0.6 is 15.9 Å². The van der Waals surface area contributed by atoms with Crippen LogP contribution in [-0.4, -0.2) is 18.9 Å². The van der Waals surface area contributed by atoms with Crippen molar-refractivity contribution < 1.29 is 0 Å². The maximum Gasteiger partial charge on any atom is 0.123 e. The van der Waals surface area contributed by atoms with Gasteiger partial charge in [-0.2, -0.15) is 0 Å². The van der Waals surface area contributed by atoms with Crippen LogP contribution in [0.25, 0.3) is 0 Å². The third-order valence-corrected chi connectivity index (χ3v) is 3.23. The summed E-state index contributed by atoms with van der Waals surface area (Å²) < 4.78 is 0.879. The molecule has 17 heavy (non-hydrogen) atoms. The van der Waals surface area contributed by atoms with Crippen molar-refractivity contribution in [3.8, 4) is 0 Å². The maximum absolute atomic E-state index is 7.45. The molecule has 0 aliphatic carbocycles. The number of nitrogens with two attached hydrogens (primary N) is 1. The Bertz CT molecular complexity index is 402. The van der Waals surface area contributed by atoms with E-state index in [4.69, 9.17) is 11.1 Å². The molecule has 3 N–H and O–H groups in total. The second kappa shape index (κ2) is 6.05. The van der Waals surface area contributed by atoms with Gasteiger partial charge in [-0.1, -0.05) is 13.8 Å². The number of anilines is 1. The summed E-state index contributed by atoms with van der Waals surface area (Å²) in [5.74, 6) is 0.719. The molecular formula is C13H20BrN3. The molecule has 94 valence electrons. The molecule has 0 amide bonds. The van der Waals surface area contributed by atoms with E-state index in [2.05, 4.69) is 41.6 Å². The zero-order valence-corrected chi connectivity index (χ0v) is 12.2. The quantitative estimate of drug-likeness (QED) is 0.648. The standard InChI is InChI=1S/C13H20BrN3/c1-4-17(8-9(2)3)10-5-6-11(13(15)16)12(14)7-10/h5-7,9H,4,8H2,1-3H3,(H3,15,16). The highest BCUT2D eigenvalue weighted by Gasteiger charge is 2.09. The van der Waals surface area contributed by atoms with Crippen molar-refractivity contribution in [3.63, 3.8) is 0 Å². The fraction of sp³-hybridized carbons (Fsp3) is 0.462. The summed E-state index contributed by atoms with van der Waals surface area (Å²) in [4.78, 5) is 2.32. The summed E-state index contributed by atoms with van der Waals surface area (Å²) in [6.45, 7) is 8.57. The minimum absolute atomic E-state index is 0.0929. The van der Waals surface area contributed by atoms with Gasteiger partial charge in [-0.25, -0.2) is 0 Å². The lowest BCUT2D eigenvalue weighted by atomic mass is 10.1. The Morgan fingerprint density at radius 3 is 2.53 bits per heavy atom. The molecule has 0 aliphatic heterocycles. The summed E-state index contributed by atoms with van der Waals surface area (Å²) in [7, 11) is 0. The minimum atomic E-state index is 0.0929. The number of benzene rings is 1. The van der Waals surface area contributed by atoms with E-state index in [9.17, 15) is 0 Å². The molecule has 4 heteroatoms. The highest BCUT2D eigenvalue weighted by molar-refractivity contribution is 9.10. The van der Waals surface area contributed by atoms with Gasteiger partial charge in [0, 0.05) is 28.8 Å². The van der Waals surface area contributed by atoms with E-state index in [1.807, 2.05) is 18.2 Å². The molecule has 0 atom stereocenters. The first-order valence-corrected chi connectivity index (χ1v) is 6.63. The minimum Gasteiger partial charge on any atom is -0.384 e. The van der Waals surface area contributed by atoms with E-state index in [1.54, 1.807) is 0 Å². The highest BCUT2D eigenvalue weighted by atomic mass is 79.9. The van der Waals surface area contributed by atoms with Gasteiger partial charge in [0.15, 0.2) is 0 Å². The van der Waals surface area contributed by atoms with Crippen LogP contribution < -0.4 is 10.6 Å². The van der Waals surface area contributed by atoms with Crippen LogP contribution in [0.2, 0.25) is 0 Å². The van der Waals surface area contributed by atoms with Crippen molar-refractivity contribution in [2.24, 2.45) is 11.7 Å². The summed E-state index contributed by atoms with van der Waals surface area (Å²) in [5.41, 5.74) is 7.40. The van der Waals surface area contributed by atoms with Gasteiger partial charge in [-0.3, -0.25) is 5.41 Å². The number of halogens is 1. The second-order valence-electron chi connectivity index (χ2n) is 4.51. The number of nitrogens with one attached hydrogen (secondary N) is 1. The molecule has 0 heterocycles. The number of amidine groups is 1. The average Bonchev–Trinajstić information content (AvgIpc) is 2.24. The Labute approximate surface area is 112 Å². The largest absolute Gasteiger partial charge is 0.384 e. The Morgan fingerprint density at radius 2 is 2.12 bits per heavy atom. The Balaban J connectivity index is 2.98. The monoisotopic (exact) mass is 297 g/mol. The van der Waals surface area contributed by atoms with Gasteiger partial charge in [-0.15, -0.1) is 0 Å². The first kappa shape index (κ1) is 14.0. The lowest BCUT2D eigenvalue weighted by Crippen LogP contribution is -2.27. The van der Waals surface area contributed by atoms with Crippen LogP contribution in [0.4, 0.5) is 5.69 Å². The van der Waals surface area contributed by atoms with E-state index >= 15 is 0 Å². The lowest BCUT2D eigenvalue weighted by Gasteiger charge is -2.25. The van der Waals surface area contributed by atoms with Gasteiger partial charge in [0.2, 0.25) is 0 Å². The first-order valence-electron chi connectivity index (χ1n) is 5.84. The number of rotatable bonds is 5. The van der Waals surface area contributed by atoms with Crippen LogP contribution in [0.1, 0.15) is 26.3 Å². The Morgan fingerprint density at radius 1 is 1.47 bits per heavy atom. The van der Waals surface area contributed by atoms with Gasteiger partial charge >= 0.3 is 0 Å². The van der Waals surface area contributed by atoms with E-state index in [1.165, 1.54) is 0 Å².